The van der Waals surface area contributed by atoms with Crippen molar-refractivity contribution >= 4 is 15.7 Å². The molecule has 0 aromatic heterocycles. The highest BCUT2D eigenvalue weighted by Gasteiger charge is 2.42. The predicted molar refractivity (Wildman–Crippen MR) is 77.1 cm³/mol. The highest BCUT2D eigenvalue weighted by molar-refractivity contribution is 7.91. The van der Waals surface area contributed by atoms with Crippen molar-refractivity contribution in [2.45, 2.75) is 44.2 Å². The Morgan fingerprint density at radius 1 is 1.05 bits per heavy atom. The maximum Gasteiger partial charge on any atom is 0.227 e. The summed E-state index contributed by atoms with van der Waals surface area (Å²) in [5.74, 6) is 0.0574. The van der Waals surface area contributed by atoms with Gasteiger partial charge >= 0.3 is 0 Å². The second kappa shape index (κ2) is 5.30. The number of likely N-dealkylation sites (N-methyl/N-ethyl adjacent to an activating group) is 1. The topological polar surface area (TPSA) is 57.7 Å². The molecule has 0 aromatic rings. The molecule has 20 heavy (non-hydrogen) atoms. The number of carbonyl (C=O) groups excluding carboxylic acids is 1. The molecule has 0 bridgehead atoms. The number of sulfone groups is 1. The van der Waals surface area contributed by atoms with Crippen LogP contribution in [0.4, 0.5) is 0 Å². The molecule has 6 heteroatoms. The van der Waals surface area contributed by atoms with Crippen molar-refractivity contribution in [1.82, 2.24) is 9.80 Å². The van der Waals surface area contributed by atoms with E-state index in [-0.39, 0.29) is 23.3 Å². The van der Waals surface area contributed by atoms with Crippen LogP contribution in [0.2, 0.25) is 0 Å². The molecule has 1 amide bonds. The van der Waals surface area contributed by atoms with E-state index in [0.717, 1.165) is 32.4 Å². The summed E-state index contributed by atoms with van der Waals surface area (Å²) in [6.45, 7) is 1.92. The standard InChI is InChI=1S/C14H24N2O3S/c1-15-7-2-4-12(15)13-5-3-8-16(13)14(17)11-6-9-20(18,19)10-11/h11-13H,2-10H2,1H3/t11-,12+,13+/m0/s1. The highest BCUT2D eigenvalue weighted by atomic mass is 32.2. The predicted octanol–water partition coefficient (Wildman–Crippen LogP) is 0.506. The Balaban J connectivity index is 1.70. The molecule has 3 aliphatic heterocycles. The fourth-order valence-corrected chi connectivity index (χ4v) is 5.85. The summed E-state index contributed by atoms with van der Waals surface area (Å²) in [4.78, 5) is 17.0. The van der Waals surface area contributed by atoms with Gasteiger partial charge in [-0.2, -0.15) is 0 Å². The minimum Gasteiger partial charge on any atom is -0.338 e. The van der Waals surface area contributed by atoms with Crippen LogP contribution in [0.25, 0.3) is 0 Å². The molecule has 0 unspecified atom stereocenters. The quantitative estimate of drug-likeness (QED) is 0.745. The van der Waals surface area contributed by atoms with Gasteiger partial charge in [0.25, 0.3) is 0 Å². The van der Waals surface area contributed by atoms with Crippen LogP contribution in [0.1, 0.15) is 32.1 Å². The summed E-state index contributed by atoms with van der Waals surface area (Å²) in [5.41, 5.74) is 0. The summed E-state index contributed by atoms with van der Waals surface area (Å²) >= 11 is 0. The zero-order valence-corrected chi connectivity index (χ0v) is 12.9. The second-order valence-electron chi connectivity index (χ2n) is 6.53. The zero-order valence-electron chi connectivity index (χ0n) is 12.1. The van der Waals surface area contributed by atoms with Crippen LogP contribution in [0.15, 0.2) is 0 Å². The molecule has 3 atom stereocenters. The van der Waals surface area contributed by atoms with Crippen molar-refractivity contribution in [2.24, 2.45) is 5.92 Å². The van der Waals surface area contributed by atoms with E-state index in [4.69, 9.17) is 0 Å². The first-order chi connectivity index (χ1) is 9.48. The fourth-order valence-electron chi connectivity index (χ4n) is 4.11. The second-order valence-corrected chi connectivity index (χ2v) is 8.76. The van der Waals surface area contributed by atoms with Crippen molar-refractivity contribution in [2.75, 3.05) is 31.6 Å². The first kappa shape index (κ1) is 14.3. The molecular weight excluding hydrogens is 276 g/mol. The van der Waals surface area contributed by atoms with Gasteiger partial charge < -0.3 is 9.80 Å². The Morgan fingerprint density at radius 3 is 2.35 bits per heavy atom. The molecule has 3 aliphatic rings. The molecule has 0 aliphatic carbocycles. The lowest BCUT2D eigenvalue weighted by Crippen LogP contribution is -2.49. The Kier molecular flexibility index (Phi) is 3.79. The molecule has 0 radical (unpaired) electrons. The third-order valence-electron chi connectivity index (χ3n) is 5.19. The van der Waals surface area contributed by atoms with Crippen LogP contribution in [-0.4, -0.2) is 67.9 Å². The molecule has 5 nitrogen and oxygen atoms in total. The Hall–Kier alpha value is -0.620. The van der Waals surface area contributed by atoms with Crippen molar-refractivity contribution in [3.63, 3.8) is 0 Å². The Labute approximate surface area is 121 Å². The maximum atomic E-state index is 12.7. The first-order valence-corrected chi connectivity index (χ1v) is 9.51. The van der Waals surface area contributed by atoms with E-state index in [9.17, 15) is 13.2 Å². The summed E-state index contributed by atoms with van der Waals surface area (Å²) in [5, 5.41) is 0. The number of nitrogens with zero attached hydrogens (tertiary/aromatic N) is 2. The van der Waals surface area contributed by atoms with Crippen LogP contribution in [0.5, 0.6) is 0 Å². The van der Waals surface area contributed by atoms with Gasteiger partial charge in [0, 0.05) is 18.6 Å². The van der Waals surface area contributed by atoms with E-state index >= 15 is 0 Å². The van der Waals surface area contributed by atoms with Crippen LogP contribution >= 0.6 is 0 Å². The van der Waals surface area contributed by atoms with Crippen molar-refractivity contribution < 1.29 is 13.2 Å². The molecule has 0 saturated carbocycles. The van der Waals surface area contributed by atoms with Gasteiger partial charge in [-0.1, -0.05) is 0 Å². The largest absolute Gasteiger partial charge is 0.338 e. The number of likely N-dealkylation sites (tertiary alicyclic amines) is 2. The molecular formula is C14H24N2O3S. The lowest BCUT2D eigenvalue weighted by molar-refractivity contribution is -0.136. The zero-order chi connectivity index (χ0) is 14.3. The van der Waals surface area contributed by atoms with E-state index < -0.39 is 9.84 Å². The molecule has 114 valence electrons. The maximum absolute atomic E-state index is 12.7. The molecule has 3 heterocycles. The van der Waals surface area contributed by atoms with Gasteiger partial charge in [0.2, 0.25) is 5.91 Å². The summed E-state index contributed by atoms with van der Waals surface area (Å²) in [6, 6.07) is 0.776. The van der Waals surface area contributed by atoms with Gasteiger partial charge in [-0.3, -0.25) is 4.79 Å². The van der Waals surface area contributed by atoms with Gasteiger partial charge in [0.1, 0.15) is 0 Å². The molecule has 0 N–H and O–H groups in total. The van der Waals surface area contributed by atoms with Gasteiger partial charge in [-0.05, 0) is 45.7 Å². The van der Waals surface area contributed by atoms with E-state index in [1.54, 1.807) is 0 Å². The number of rotatable bonds is 2. The molecule has 0 aromatic carbocycles. The van der Waals surface area contributed by atoms with Gasteiger partial charge in [-0.25, -0.2) is 8.42 Å². The molecule has 3 rings (SSSR count). The lowest BCUT2D eigenvalue weighted by atomic mass is 10.0. The number of carbonyl (C=O) groups is 1. The monoisotopic (exact) mass is 300 g/mol. The number of hydrogen-bond donors (Lipinski definition) is 0. The minimum atomic E-state index is -2.98. The fraction of sp³-hybridized carbons (Fsp3) is 0.929. The van der Waals surface area contributed by atoms with Crippen molar-refractivity contribution in [1.29, 1.82) is 0 Å². The van der Waals surface area contributed by atoms with Crippen LogP contribution in [-0.2, 0) is 14.6 Å². The minimum absolute atomic E-state index is 0.0650. The van der Waals surface area contributed by atoms with E-state index in [1.165, 1.54) is 6.42 Å². The van der Waals surface area contributed by atoms with Crippen LogP contribution in [0.3, 0.4) is 0 Å². The van der Waals surface area contributed by atoms with Crippen LogP contribution in [0, 0.1) is 5.92 Å². The third-order valence-corrected chi connectivity index (χ3v) is 6.95. The third kappa shape index (κ3) is 2.60. The average molecular weight is 300 g/mol. The smallest absolute Gasteiger partial charge is 0.227 e. The van der Waals surface area contributed by atoms with Crippen LogP contribution < -0.4 is 0 Å². The normalized spacial score (nSPS) is 37.6. The Bertz CT molecular complexity index is 491. The summed E-state index contributed by atoms with van der Waals surface area (Å²) in [6.07, 6.45) is 5.01. The van der Waals surface area contributed by atoms with E-state index in [2.05, 4.69) is 11.9 Å². The van der Waals surface area contributed by atoms with Gasteiger partial charge in [0.15, 0.2) is 9.84 Å². The summed E-state index contributed by atoms with van der Waals surface area (Å²) in [7, 11) is -0.838. The number of hydrogen-bond acceptors (Lipinski definition) is 4. The molecule has 0 spiro atoms. The lowest BCUT2D eigenvalue weighted by Gasteiger charge is -2.34. The van der Waals surface area contributed by atoms with Gasteiger partial charge in [-0.15, -0.1) is 0 Å². The summed E-state index contributed by atoms with van der Waals surface area (Å²) < 4.78 is 23.1. The SMILES string of the molecule is CN1CCC[C@@H]1[C@H]1CCCN1C(=O)[C@H]1CCS(=O)(=O)C1. The van der Waals surface area contributed by atoms with Crippen molar-refractivity contribution in [3.8, 4) is 0 Å². The Morgan fingerprint density at radius 2 is 1.75 bits per heavy atom. The van der Waals surface area contributed by atoms with Crippen molar-refractivity contribution in [3.05, 3.63) is 0 Å². The average Bonchev–Trinajstić information content (AvgIpc) is 3.07. The highest BCUT2D eigenvalue weighted by Crippen LogP contribution is 2.31. The van der Waals surface area contributed by atoms with E-state index in [0.29, 0.717) is 18.5 Å². The number of amides is 1. The molecule has 3 saturated heterocycles. The van der Waals surface area contributed by atoms with E-state index in [1.807, 2.05) is 4.90 Å². The van der Waals surface area contributed by atoms with Gasteiger partial charge in [0.05, 0.1) is 17.4 Å². The molecule has 3 fully saturated rings. The first-order valence-electron chi connectivity index (χ1n) is 7.69.